The molecule has 1 heterocycles. The smallest absolute Gasteiger partial charge is 0.328 e. The van der Waals surface area contributed by atoms with Crippen LogP contribution in [0.25, 0.3) is 0 Å². The first-order valence-electron chi connectivity index (χ1n) is 23.3. The minimum absolute atomic E-state index is 0.000538. The van der Waals surface area contributed by atoms with E-state index in [1.54, 1.807) is 30.9 Å². The van der Waals surface area contributed by atoms with Crippen LogP contribution < -0.4 is 16.0 Å². The molecule has 1 aliphatic rings. The van der Waals surface area contributed by atoms with E-state index >= 15 is 0 Å². The molecule has 0 bridgehead atoms. The number of hydrogen-bond acceptors (Lipinski definition) is 10. The van der Waals surface area contributed by atoms with E-state index in [4.69, 9.17) is 14.2 Å². The van der Waals surface area contributed by atoms with Gasteiger partial charge in [0, 0.05) is 53.5 Å². The first kappa shape index (κ1) is 57.5. The normalized spacial score (nSPS) is 16.6. The molecule has 2 aromatic carbocycles. The Hall–Kier alpha value is -4.53. The second-order valence-electron chi connectivity index (χ2n) is 16.9. The van der Waals surface area contributed by atoms with Crippen LogP contribution >= 0.6 is 0 Å². The molecule has 0 spiro atoms. The van der Waals surface area contributed by atoms with E-state index in [1.165, 1.54) is 20.6 Å². The third-order valence-corrected chi connectivity index (χ3v) is 11.8. The highest BCUT2D eigenvalue weighted by Gasteiger charge is 2.42. The fraction of sp³-hybridized carbons (Fsp3) is 0.660. The molecule has 64 heavy (non-hydrogen) atoms. The van der Waals surface area contributed by atoms with Crippen LogP contribution in [0, 0.1) is 17.8 Å². The summed E-state index contributed by atoms with van der Waals surface area (Å²) >= 11 is 0. The molecule has 8 atom stereocenters. The molecule has 1 fully saturated rings. The van der Waals surface area contributed by atoms with Crippen molar-refractivity contribution < 1.29 is 38.2 Å². The van der Waals surface area contributed by atoms with Gasteiger partial charge in [0.2, 0.25) is 23.6 Å². The van der Waals surface area contributed by atoms with Crippen molar-refractivity contribution in [2.75, 3.05) is 60.9 Å². The van der Waals surface area contributed by atoms with Gasteiger partial charge >= 0.3 is 5.97 Å². The number of ether oxygens (including phenoxy) is 3. The molecule has 0 aliphatic carbocycles. The number of nitrogens with one attached hydrogen (secondary N) is 3. The lowest BCUT2D eigenvalue weighted by atomic mass is 9.90. The first-order valence-corrected chi connectivity index (χ1v) is 23.3. The minimum Gasteiger partial charge on any atom is -0.467 e. The Bertz CT molecular complexity index is 1680. The van der Waals surface area contributed by atoms with Gasteiger partial charge in [-0.1, -0.05) is 118 Å². The molecular formula is C50H84N6O8. The second-order valence-corrected chi connectivity index (χ2v) is 16.9. The predicted octanol–water partition coefficient (Wildman–Crippen LogP) is 6.56. The second kappa shape index (κ2) is 30.6. The summed E-state index contributed by atoms with van der Waals surface area (Å²) < 4.78 is 16.9. The molecule has 0 saturated carbocycles. The highest BCUT2D eigenvalue weighted by atomic mass is 16.5. The number of hydrogen-bond donors (Lipinski definition) is 3. The Morgan fingerprint density at radius 3 is 2.03 bits per heavy atom. The van der Waals surface area contributed by atoms with Crippen LogP contribution in [0.15, 0.2) is 54.6 Å². The zero-order valence-corrected chi connectivity index (χ0v) is 41.9. The highest BCUT2D eigenvalue weighted by Crippen LogP contribution is 2.29. The third-order valence-electron chi connectivity index (χ3n) is 11.8. The Morgan fingerprint density at radius 1 is 0.859 bits per heavy atom. The number of methoxy groups -OCH3 is 3. The summed E-state index contributed by atoms with van der Waals surface area (Å²) in [7, 11) is 9.83. The molecular weight excluding hydrogens is 813 g/mol. The van der Waals surface area contributed by atoms with Crippen molar-refractivity contribution in [2.24, 2.45) is 17.8 Å². The Labute approximate surface area is 385 Å². The Kier molecular flexibility index (Phi) is 27.5. The van der Waals surface area contributed by atoms with E-state index in [0.717, 1.165) is 29.7 Å². The number of likely N-dealkylation sites (N-methyl/N-ethyl adjacent to an activating group) is 2. The molecule has 0 aromatic heterocycles. The lowest BCUT2D eigenvalue weighted by Crippen LogP contribution is -2.55. The van der Waals surface area contributed by atoms with Gasteiger partial charge in [0.05, 0.1) is 56.3 Å². The third kappa shape index (κ3) is 17.5. The number of likely N-dealkylation sites (tertiary alicyclic amines) is 1. The van der Waals surface area contributed by atoms with E-state index in [0.29, 0.717) is 19.5 Å². The molecule has 2 aromatic rings. The molecule has 3 rings (SSSR count). The number of benzene rings is 2. The zero-order chi connectivity index (χ0) is 48.5. The summed E-state index contributed by atoms with van der Waals surface area (Å²) in [5.41, 5.74) is 2.92. The Balaban J connectivity index is 0.00000392. The van der Waals surface area contributed by atoms with Crippen LogP contribution in [0.3, 0.4) is 0 Å². The van der Waals surface area contributed by atoms with Gasteiger partial charge in [0.15, 0.2) is 0 Å². The number of nitrogens with zero attached hydrogens (tertiary/aromatic N) is 3. The maximum Gasteiger partial charge on any atom is 0.328 e. The van der Waals surface area contributed by atoms with E-state index in [-0.39, 0.29) is 54.9 Å². The van der Waals surface area contributed by atoms with E-state index in [2.05, 4.69) is 29.8 Å². The van der Waals surface area contributed by atoms with Crippen LogP contribution in [0.2, 0.25) is 0 Å². The maximum atomic E-state index is 14.2. The fourth-order valence-corrected chi connectivity index (χ4v) is 8.43. The van der Waals surface area contributed by atoms with Gasteiger partial charge in [-0.3, -0.25) is 24.1 Å². The lowest BCUT2D eigenvalue weighted by Gasteiger charge is -2.39. The van der Waals surface area contributed by atoms with Crippen molar-refractivity contribution in [3.8, 4) is 0 Å². The molecule has 3 N–H and O–H groups in total. The van der Waals surface area contributed by atoms with Crippen molar-refractivity contribution in [1.29, 1.82) is 0 Å². The minimum atomic E-state index is -0.895. The summed E-state index contributed by atoms with van der Waals surface area (Å²) in [6.07, 6.45) is 2.29. The van der Waals surface area contributed by atoms with Crippen LogP contribution in [0.1, 0.15) is 106 Å². The molecule has 1 saturated heterocycles. The molecule has 1 aliphatic heterocycles. The topological polar surface area (TPSA) is 159 Å². The molecule has 362 valence electrons. The van der Waals surface area contributed by atoms with Gasteiger partial charge < -0.3 is 40.0 Å². The Morgan fingerprint density at radius 2 is 1.48 bits per heavy atom. The lowest BCUT2D eigenvalue weighted by molar-refractivity contribution is -0.148. The van der Waals surface area contributed by atoms with Crippen LogP contribution in [0.5, 0.6) is 0 Å². The number of carbonyl (C=O) groups is 5. The highest BCUT2D eigenvalue weighted by molar-refractivity contribution is 5.88. The molecule has 4 amide bonds. The van der Waals surface area contributed by atoms with Gasteiger partial charge in [0.25, 0.3) is 0 Å². The van der Waals surface area contributed by atoms with Crippen molar-refractivity contribution in [3.63, 3.8) is 0 Å². The van der Waals surface area contributed by atoms with Crippen molar-refractivity contribution in [2.45, 2.75) is 144 Å². The van der Waals surface area contributed by atoms with E-state index in [9.17, 15) is 24.0 Å². The summed E-state index contributed by atoms with van der Waals surface area (Å²) in [6, 6.07) is 15.2. The standard InChI is InChI=1S/C45H70N6O8.C3H8.C2H6/c1-12-30(4)41(50(8)39(53)27-47-44(55)40(29(2)3)49(7)28-33-20-16-21-34(24-33)46-6)37(57-9)26-38(52)51-23-17-22-36(51)42(58-10)31(5)43(54)48-35(45(56)59-11)25-32-18-14-13-15-19-32;1-3-2;1-2/h13-16,18-21,24,29-31,35-37,40-42,46H,12,17,22-23,25-28H2,1-11H3,(H,47,55)(H,48,54);3H2,1-2H3;1-2H3. The maximum absolute atomic E-state index is 14.2. The summed E-state index contributed by atoms with van der Waals surface area (Å²) in [5.74, 6) is -2.39. The van der Waals surface area contributed by atoms with Crippen molar-refractivity contribution >= 4 is 35.3 Å². The number of carbonyl (C=O) groups excluding carboxylic acids is 5. The summed E-state index contributed by atoms with van der Waals surface area (Å²) in [4.78, 5) is 73.3. The summed E-state index contributed by atoms with van der Waals surface area (Å²) in [6.45, 7) is 18.8. The molecule has 14 heteroatoms. The summed E-state index contributed by atoms with van der Waals surface area (Å²) in [5, 5.41) is 8.90. The van der Waals surface area contributed by atoms with Crippen LogP contribution in [-0.2, 0) is 51.1 Å². The van der Waals surface area contributed by atoms with Gasteiger partial charge in [-0.15, -0.1) is 0 Å². The fourth-order valence-electron chi connectivity index (χ4n) is 8.43. The number of anilines is 1. The number of esters is 1. The zero-order valence-electron chi connectivity index (χ0n) is 41.9. The van der Waals surface area contributed by atoms with E-state index in [1.807, 2.05) is 115 Å². The van der Waals surface area contributed by atoms with Gasteiger partial charge in [-0.25, -0.2) is 4.79 Å². The monoisotopic (exact) mass is 897 g/mol. The van der Waals surface area contributed by atoms with Crippen molar-refractivity contribution in [3.05, 3.63) is 65.7 Å². The number of amides is 4. The van der Waals surface area contributed by atoms with Crippen LogP contribution in [-0.4, -0.2) is 136 Å². The predicted molar refractivity (Wildman–Crippen MR) is 257 cm³/mol. The van der Waals surface area contributed by atoms with E-state index < -0.39 is 48.3 Å². The number of rotatable bonds is 23. The van der Waals surface area contributed by atoms with Gasteiger partial charge in [-0.05, 0) is 55.0 Å². The SMILES string of the molecule is CC.CCC.CCC(C)C(C(CC(=O)N1CCCC1C(OC)C(C)C(=O)NC(Cc1ccccc1)C(=O)OC)OC)N(C)C(=O)CNC(=O)C(C(C)C)N(C)Cc1cccc(NC)c1. The molecule has 14 nitrogen and oxygen atoms in total. The van der Waals surface area contributed by atoms with Crippen molar-refractivity contribution in [1.82, 2.24) is 25.3 Å². The largest absolute Gasteiger partial charge is 0.467 e. The average Bonchev–Trinajstić information content (AvgIpc) is 3.78. The van der Waals surface area contributed by atoms with Gasteiger partial charge in [-0.2, -0.15) is 0 Å². The van der Waals surface area contributed by atoms with Gasteiger partial charge in [0.1, 0.15) is 6.04 Å². The average molecular weight is 897 g/mol. The molecule has 8 unspecified atom stereocenters. The molecule has 0 radical (unpaired) electrons. The quantitative estimate of drug-likeness (QED) is 0.104. The first-order chi connectivity index (χ1) is 30.5. The van der Waals surface area contributed by atoms with Crippen LogP contribution in [0.4, 0.5) is 5.69 Å².